The number of anilines is 1. The van der Waals surface area contributed by atoms with Gasteiger partial charge in [-0.2, -0.15) is 10.2 Å². The van der Waals surface area contributed by atoms with Gasteiger partial charge in [0.25, 0.3) is 5.91 Å². The highest BCUT2D eigenvalue weighted by atomic mass is 35.5. The predicted octanol–water partition coefficient (Wildman–Crippen LogP) is 5.48. The van der Waals surface area contributed by atoms with Crippen LogP contribution in [0.1, 0.15) is 69.0 Å². The molecule has 1 N–H and O–H groups in total. The standard InChI is InChI=1S/C22H28ClN5O2/c1-13(2)27-12-17(23)21(26-27)22(29)24-19-9-15-11-28(16-7-5-14(3)6-8-16)25-18(15)10-20(19)30-4/h9-14,16H,5-8H2,1-4H3,(H,24,29)/t14-,16-. The summed E-state index contributed by atoms with van der Waals surface area (Å²) in [6, 6.07) is 4.30. The monoisotopic (exact) mass is 429 g/mol. The molecular weight excluding hydrogens is 402 g/mol. The zero-order valence-corrected chi connectivity index (χ0v) is 18.6. The summed E-state index contributed by atoms with van der Waals surface area (Å²) in [6.45, 7) is 6.27. The molecule has 160 valence electrons. The highest BCUT2D eigenvalue weighted by molar-refractivity contribution is 6.34. The third kappa shape index (κ3) is 4.03. The molecule has 4 rings (SSSR count). The highest BCUT2D eigenvalue weighted by Gasteiger charge is 2.22. The topological polar surface area (TPSA) is 74.0 Å². The largest absolute Gasteiger partial charge is 0.494 e. The van der Waals surface area contributed by atoms with E-state index in [0.717, 1.165) is 29.7 Å². The lowest BCUT2D eigenvalue weighted by Gasteiger charge is -2.26. The molecule has 0 bridgehead atoms. The molecule has 1 aliphatic carbocycles. The number of hydrogen-bond donors (Lipinski definition) is 1. The van der Waals surface area contributed by atoms with Crippen LogP contribution in [0, 0.1) is 5.92 Å². The number of halogens is 1. The van der Waals surface area contributed by atoms with Gasteiger partial charge in [0.2, 0.25) is 0 Å². The van der Waals surface area contributed by atoms with Gasteiger partial charge in [0, 0.05) is 29.9 Å². The maximum atomic E-state index is 12.8. The number of nitrogens with zero attached hydrogens (tertiary/aromatic N) is 4. The third-order valence-electron chi connectivity index (χ3n) is 5.88. The van der Waals surface area contributed by atoms with E-state index < -0.39 is 0 Å². The van der Waals surface area contributed by atoms with Crippen LogP contribution in [0.3, 0.4) is 0 Å². The molecule has 0 unspecified atom stereocenters. The van der Waals surface area contributed by atoms with E-state index in [0.29, 0.717) is 22.5 Å². The van der Waals surface area contributed by atoms with Gasteiger partial charge in [-0.05, 0) is 51.5 Å². The molecule has 8 heteroatoms. The summed E-state index contributed by atoms with van der Waals surface area (Å²) >= 11 is 6.23. The molecule has 0 radical (unpaired) electrons. The number of ether oxygens (including phenoxy) is 1. The number of methoxy groups -OCH3 is 1. The highest BCUT2D eigenvalue weighted by Crippen LogP contribution is 2.35. The molecule has 1 fully saturated rings. The molecule has 2 aromatic heterocycles. The fourth-order valence-corrected chi connectivity index (χ4v) is 4.23. The van der Waals surface area contributed by atoms with Crippen molar-refractivity contribution in [2.24, 2.45) is 5.92 Å². The fourth-order valence-electron chi connectivity index (χ4n) is 4.00. The molecule has 2 heterocycles. The minimum atomic E-state index is -0.370. The van der Waals surface area contributed by atoms with Crippen molar-refractivity contribution >= 4 is 34.1 Å². The zero-order valence-electron chi connectivity index (χ0n) is 17.9. The van der Waals surface area contributed by atoms with Crippen LogP contribution in [0.4, 0.5) is 5.69 Å². The van der Waals surface area contributed by atoms with Crippen LogP contribution < -0.4 is 10.1 Å². The number of carbonyl (C=O) groups is 1. The Balaban J connectivity index is 1.61. The SMILES string of the molecule is COc1cc2nn([C@H]3CC[C@H](C)CC3)cc2cc1NC(=O)c1nn(C(C)C)cc1Cl. The Hall–Kier alpha value is -2.54. The van der Waals surface area contributed by atoms with E-state index in [4.69, 9.17) is 21.4 Å². The predicted molar refractivity (Wildman–Crippen MR) is 119 cm³/mol. The molecular formula is C22H28ClN5O2. The molecule has 1 saturated carbocycles. The number of aromatic nitrogens is 4. The van der Waals surface area contributed by atoms with Crippen molar-refractivity contribution < 1.29 is 9.53 Å². The van der Waals surface area contributed by atoms with Crippen molar-refractivity contribution in [2.45, 2.75) is 58.5 Å². The van der Waals surface area contributed by atoms with Gasteiger partial charge in [-0.1, -0.05) is 18.5 Å². The Morgan fingerprint density at radius 1 is 1.20 bits per heavy atom. The quantitative estimate of drug-likeness (QED) is 0.582. The van der Waals surface area contributed by atoms with Gasteiger partial charge in [0.1, 0.15) is 5.75 Å². The molecule has 30 heavy (non-hydrogen) atoms. The summed E-state index contributed by atoms with van der Waals surface area (Å²) in [6.07, 6.45) is 8.48. The van der Waals surface area contributed by atoms with Gasteiger partial charge in [-0.15, -0.1) is 0 Å². The summed E-state index contributed by atoms with van der Waals surface area (Å²) < 4.78 is 9.26. The van der Waals surface area contributed by atoms with Crippen molar-refractivity contribution in [3.05, 3.63) is 35.2 Å². The normalized spacial score (nSPS) is 19.4. The van der Waals surface area contributed by atoms with Crippen molar-refractivity contribution in [1.29, 1.82) is 0 Å². The minimum absolute atomic E-state index is 0.114. The van der Waals surface area contributed by atoms with Gasteiger partial charge in [-0.3, -0.25) is 14.2 Å². The number of benzene rings is 1. The van der Waals surface area contributed by atoms with Gasteiger partial charge >= 0.3 is 0 Å². The number of nitrogens with one attached hydrogen (secondary N) is 1. The van der Waals surface area contributed by atoms with Crippen LogP contribution in [0.25, 0.3) is 10.9 Å². The molecule has 3 aromatic rings. The first kappa shape index (κ1) is 20.7. The number of fused-ring (bicyclic) bond motifs is 1. The Morgan fingerprint density at radius 3 is 2.57 bits per heavy atom. The Kier molecular flexibility index (Phi) is 5.73. The summed E-state index contributed by atoms with van der Waals surface area (Å²) in [7, 11) is 1.58. The van der Waals surface area contributed by atoms with E-state index in [1.165, 1.54) is 12.8 Å². The smallest absolute Gasteiger partial charge is 0.277 e. The van der Waals surface area contributed by atoms with Crippen LogP contribution in [0.2, 0.25) is 5.02 Å². The number of hydrogen-bond acceptors (Lipinski definition) is 4. The first-order valence-electron chi connectivity index (χ1n) is 10.5. The maximum absolute atomic E-state index is 12.8. The zero-order chi connectivity index (χ0) is 21.4. The average molecular weight is 430 g/mol. The summed E-state index contributed by atoms with van der Waals surface area (Å²) in [5.74, 6) is 0.975. The first-order valence-corrected chi connectivity index (χ1v) is 10.9. The molecule has 0 aliphatic heterocycles. The number of amides is 1. The molecule has 1 aliphatic rings. The van der Waals surface area contributed by atoms with Gasteiger partial charge < -0.3 is 10.1 Å². The summed E-state index contributed by atoms with van der Waals surface area (Å²) in [4.78, 5) is 12.8. The van der Waals surface area contributed by atoms with E-state index in [2.05, 4.69) is 28.2 Å². The van der Waals surface area contributed by atoms with E-state index in [-0.39, 0.29) is 17.6 Å². The Morgan fingerprint density at radius 2 is 1.93 bits per heavy atom. The van der Waals surface area contributed by atoms with Crippen LogP contribution in [0.5, 0.6) is 5.75 Å². The second kappa shape index (κ2) is 8.30. The van der Waals surface area contributed by atoms with Crippen LogP contribution in [-0.2, 0) is 0 Å². The lowest BCUT2D eigenvalue weighted by Crippen LogP contribution is -2.16. The van der Waals surface area contributed by atoms with Crippen LogP contribution in [-0.4, -0.2) is 32.6 Å². The number of carbonyl (C=O) groups excluding carboxylic acids is 1. The average Bonchev–Trinajstić information content (AvgIpc) is 3.31. The lowest BCUT2D eigenvalue weighted by molar-refractivity contribution is 0.102. The first-order chi connectivity index (χ1) is 14.4. The van der Waals surface area contributed by atoms with E-state index >= 15 is 0 Å². The molecule has 0 spiro atoms. The van der Waals surface area contributed by atoms with Gasteiger partial charge in [-0.25, -0.2) is 0 Å². The van der Waals surface area contributed by atoms with Crippen molar-refractivity contribution in [3.63, 3.8) is 0 Å². The fraction of sp³-hybridized carbons (Fsp3) is 0.500. The minimum Gasteiger partial charge on any atom is -0.494 e. The van der Waals surface area contributed by atoms with Gasteiger partial charge in [0.15, 0.2) is 5.69 Å². The van der Waals surface area contributed by atoms with Crippen molar-refractivity contribution in [1.82, 2.24) is 19.6 Å². The van der Waals surface area contributed by atoms with E-state index in [9.17, 15) is 4.79 Å². The van der Waals surface area contributed by atoms with E-state index in [1.54, 1.807) is 18.0 Å². The van der Waals surface area contributed by atoms with E-state index in [1.807, 2.05) is 26.0 Å². The summed E-state index contributed by atoms with van der Waals surface area (Å²) in [5, 5.41) is 13.3. The Bertz CT molecular complexity index is 1060. The van der Waals surface area contributed by atoms with Crippen molar-refractivity contribution in [3.8, 4) is 5.75 Å². The van der Waals surface area contributed by atoms with Crippen molar-refractivity contribution in [2.75, 3.05) is 12.4 Å². The third-order valence-corrected chi connectivity index (χ3v) is 6.16. The van der Waals surface area contributed by atoms with Gasteiger partial charge in [0.05, 0.1) is 29.4 Å². The second-order valence-corrected chi connectivity index (χ2v) is 8.89. The molecule has 1 amide bonds. The molecule has 7 nitrogen and oxygen atoms in total. The number of rotatable bonds is 5. The second-order valence-electron chi connectivity index (χ2n) is 8.49. The lowest BCUT2D eigenvalue weighted by atomic mass is 9.87. The van der Waals surface area contributed by atoms with Crippen LogP contribution in [0.15, 0.2) is 24.5 Å². The Labute approximate surface area is 181 Å². The molecule has 1 aromatic carbocycles. The maximum Gasteiger partial charge on any atom is 0.277 e. The molecule has 0 atom stereocenters. The van der Waals surface area contributed by atoms with Crippen LogP contribution >= 0.6 is 11.6 Å². The summed E-state index contributed by atoms with van der Waals surface area (Å²) in [5.41, 5.74) is 1.62. The molecule has 0 saturated heterocycles.